The van der Waals surface area contributed by atoms with Crippen molar-refractivity contribution in [3.63, 3.8) is 0 Å². The molecule has 0 unspecified atom stereocenters. The first kappa shape index (κ1) is 27.0. The summed E-state index contributed by atoms with van der Waals surface area (Å²) >= 11 is 0. The summed E-state index contributed by atoms with van der Waals surface area (Å²) in [7, 11) is 0. The molecule has 9 nitrogen and oxygen atoms in total. The Balaban J connectivity index is 1.56. The third-order valence-electron chi connectivity index (χ3n) is 9.85. The zero-order valence-corrected chi connectivity index (χ0v) is 21.0. The molecule has 0 radical (unpaired) electrons. The highest BCUT2D eigenvalue weighted by molar-refractivity contribution is 5.77. The summed E-state index contributed by atoms with van der Waals surface area (Å²) in [5.74, 6) is -0.205. The highest BCUT2D eigenvalue weighted by Crippen LogP contribution is 2.64. The number of allylic oxidation sites excluding steroid dienone is 2. The normalized spacial score (nSPS) is 48.8. The lowest BCUT2D eigenvalue weighted by molar-refractivity contribution is -0.297. The fourth-order valence-electron chi connectivity index (χ4n) is 7.59. The van der Waals surface area contributed by atoms with E-state index in [9.17, 15) is 35.4 Å². The molecule has 0 aromatic rings. The predicted molar refractivity (Wildman–Crippen MR) is 125 cm³/mol. The summed E-state index contributed by atoms with van der Waals surface area (Å²) in [5, 5.41) is 59.9. The molecule has 4 rings (SSSR count). The molecule has 4 aliphatic rings. The fourth-order valence-corrected chi connectivity index (χ4v) is 7.59. The molecule has 0 bridgehead atoms. The van der Waals surface area contributed by atoms with Crippen LogP contribution in [-0.2, 0) is 14.3 Å². The zero-order valence-electron chi connectivity index (χ0n) is 21.0. The minimum Gasteiger partial charge on any atom is -0.432 e. The minimum atomic E-state index is -1.62. The number of fused-ring (bicyclic) bond motifs is 3. The molecule has 6 N–H and O–H groups in total. The van der Waals surface area contributed by atoms with Crippen LogP contribution in [0.4, 0.5) is 0 Å². The molecule has 1 aliphatic heterocycles. The highest BCUT2D eigenvalue weighted by atomic mass is 16.7. The predicted octanol–water partition coefficient (Wildman–Crippen LogP) is 0.632. The van der Waals surface area contributed by atoms with Crippen molar-refractivity contribution in [3.8, 4) is 0 Å². The summed E-state index contributed by atoms with van der Waals surface area (Å²) < 4.78 is 11.1. The van der Waals surface area contributed by atoms with Crippen molar-refractivity contribution in [1.29, 1.82) is 0 Å². The lowest BCUT2D eigenvalue weighted by atomic mass is 9.46. The number of rotatable bonds is 5. The van der Waals surface area contributed by atoms with Gasteiger partial charge in [-0.1, -0.05) is 31.9 Å². The molecule has 200 valence electrons. The second kappa shape index (κ2) is 9.67. The molecule has 1 saturated heterocycles. The maximum atomic E-state index is 13.6. The Labute approximate surface area is 206 Å². The van der Waals surface area contributed by atoms with E-state index in [2.05, 4.69) is 13.0 Å². The van der Waals surface area contributed by atoms with Crippen LogP contribution in [0.5, 0.6) is 0 Å². The van der Waals surface area contributed by atoms with Crippen LogP contribution in [0.3, 0.4) is 0 Å². The molecular formula is C26H42O9. The maximum absolute atomic E-state index is 13.6. The Morgan fingerprint density at radius 1 is 1.11 bits per heavy atom. The number of aliphatic hydroxyl groups is 6. The first-order valence-corrected chi connectivity index (χ1v) is 12.9. The molecule has 0 aromatic heterocycles. The largest absolute Gasteiger partial charge is 0.432 e. The molecule has 35 heavy (non-hydrogen) atoms. The van der Waals surface area contributed by atoms with Crippen LogP contribution in [0.25, 0.3) is 0 Å². The van der Waals surface area contributed by atoms with Gasteiger partial charge in [-0.05, 0) is 68.1 Å². The Morgan fingerprint density at radius 3 is 2.49 bits per heavy atom. The van der Waals surface area contributed by atoms with Crippen molar-refractivity contribution in [1.82, 2.24) is 0 Å². The Bertz CT molecular complexity index is 830. The second-order valence-corrected chi connectivity index (χ2v) is 12.0. The van der Waals surface area contributed by atoms with E-state index in [0.29, 0.717) is 18.8 Å². The fraction of sp³-hybridized carbons (Fsp3) is 0.885. The van der Waals surface area contributed by atoms with E-state index < -0.39 is 54.8 Å². The number of aliphatic hydroxyl groups excluding tert-OH is 6. The first-order chi connectivity index (χ1) is 16.4. The quantitative estimate of drug-likeness (QED) is 0.236. The van der Waals surface area contributed by atoms with Gasteiger partial charge in [-0.15, -0.1) is 0 Å². The molecule has 1 heterocycles. The van der Waals surface area contributed by atoms with E-state index in [-0.39, 0.29) is 23.4 Å². The van der Waals surface area contributed by atoms with E-state index in [4.69, 9.17) is 9.47 Å². The lowest BCUT2D eigenvalue weighted by Gasteiger charge is -2.58. The first-order valence-electron chi connectivity index (χ1n) is 12.9. The van der Waals surface area contributed by atoms with E-state index >= 15 is 0 Å². The second-order valence-electron chi connectivity index (χ2n) is 12.0. The molecular weight excluding hydrogens is 456 g/mol. The van der Waals surface area contributed by atoms with Crippen molar-refractivity contribution in [2.75, 3.05) is 13.2 Å². The standard InChI is InChI=1S/C26H42O9/c1-24(18(29)13-28)10-7-15-14(11-24)5-6-17-25(15,2)8-4-9-26(17,3)23(33)35-22-21(32)20(31)19(30)16(12-27)34-22/h7,14,16-22,27-32H,4-6,8-13H2,1-3H3/t14-,16-,17-,18+,19-,20+,21-,22+,24-,25-,26+/m0/s1. The van der Waals surface area contributed by atoms with Crippen LogP contribution in [0.1, 0.15) is 65.7 Å². The van der Waals surface area contributed by atoms with Gasteiger partial charge in [0.15, 0.2) is 0 Å². The summed E-state index contributed by atoms with van der Waals surface area (Å²) in [6.45, 7) is 5.31. The number of carbonyl (C=O) groups is 1. The van der Waals surface area contributed by atoms with Crippen molar-refractivity contribution in [3.05, 3.63) is 11.6 Å². The number of hydrogen-bond acceptors (Lipinski definition) is 9. The van der Waals surface area contributed by atoms with Gasteiger partial charge in [0.1, 0.15) is 24.4 Å². The van der Waals surface area contributed by atoms with Crippen LogP contribution in [-0.4, -0.2) is 86.6 Å². The molecule has 3 fully saturated rings. The van der Waals surface area contributed by atoms with Crippen molar-refractivity contribution >= 4 is 5.97 Å². The molecule has 9 heteroatoms. The average molecular weight is 499 g/mol. The van der Waals surface area contributed by atoms with Crippen LogP contribution in [0, 0.1) is 28.1 Å². The monoisotopic (exact) mass is 498 g/mol. The zero-order chi connectivity index (χ0) is 25.8. The Morgan fingerprint density at radius 2 is 1.83 bits per heavy atom. The van der Waals surface area contributed by atoms with E-state index in [0.717, 1.165) is 32.1 Å². The van der Waals surface area contributed by atoms with Crippen LogP contribution >= 0.6 is 0 Å². The van der Waals surface area contributed by atoms with E-state index in [1.165, 1.54) is 5.57 Å². The molecule has 11 atom stereocenters. The van der Waals surface area contributed by atoms with Crippen LogP contribution < -0.4 is 0 Å². The molecule has 3 aliphatic carbocycles. The van der Waals surface area contributed by atoms with Crippen LogP contribution in [0.2, 0.25) is 0 Å². The molecule has 0 aromatic carbocycles. The number of carbonyl (C=O) groups excluding carboxylic acids is 1. The van der Waals surface area contributed by atoms with Gasteiger partial charge in [0.05, 0.1) is 24.7 Å². The van der Waals surface area contributed by atoms with Crippen molar-refractivity contribution < 1.29 is 44.9 Å². The topological polar surface area (TPSA) is 157 Å². The summed E-state index contributed by atoms with van der Waals surface area (Å²) in [6, 6.07) is 0. The van der Waals surface area contributed by atoms with Gasteiger partial charge in [-0.2, -0.15) is 0 Å². The van der Waals surface area contributed by atoms with Crippen molar-refractivity contribution in [2.24, 2.45) is 28.1 Å². The molecule has 0 amide bonds. The van der Waals surface area contributed by atoms with Gasteiger partial charge in [0, 0.05) is 0 Å². The number of hydrogen-bond donors (Lipinski definition) is 6. The van der Waals surface area contributed by atoms with Gasteiger partial charge < -0.3 is 40.1 Å². The SMILES string of the molecule is C[C@]1([C@H](O)CO)CC=C2[C@@H](CC[C@@H]3[C@](C)(C(=O)O[C@H]4O[C@@H](CO)[C@H](O)[C@@H](O)[C@@H]4O)CCC[C@@]23C)C1. The van der Waals surface area contributed by atoms with E-state index in [1.807, 2.05) is 13.8 Å². The van der Waals surface area contributed by atoms with Gasteiger partial charge in [-0.3, -0.25) is 4.79 Å². The lowest BCUT2D eigenvalue weighted by Crippen LogP contribution is -2.61. The van der Waals surface area contributed by atoms with Gasteiger partial charge in [0.2, 0.25) is 6.29 Å². The molecule has 2 saturated carbocycles. The van der Waals surface area contributed by atoms with Crippen LogP contribution in [0.15, 0.2) is 11.6 Å². The third kappa shape index (κ3) is 4.37. The van der Waals surface area contributed by atoms with Crippen molar-refractivity contribution in [2.45, 2.75) is 103 Å². The summed E-state index contributed by atoms with van der Waals surface area (Å²) in [5.41, 5.74) is -0.0757. The van der Waals surface area contributed by atoms with Gasteiger partial charge in [-0.25, -0.2) is 0 Å². The maximum Gasteiger partial charge on any atom is 0.314 e. The summed E-state index contributed by atoms with van der Waals surface area (Å²) in [6.07, 6.45) is -0.325. The smallest absolute Gasteiger partial charge is 0.314 e. The minimum absolute atomic E-state index is 0.00996. The van der Waals surface area contributed by atoms with Gasteiger partial charge in [0.25, 0.3) is 0 Å². The average Bonchev–Trinajstić information content (AvgIpc) is 2.83. The van der Waals surface area contributed by atoms with E-state index in [1.54, 1.807) is 0 Å². The molecule has 0 spiro atoms. The highest BCUT2D eigenvalue weighted by Gasteiger charge is 2.59. The van der Waals surface area contributed by atoms with Gasteiger partial charge >= 0.3 is 5.97 Å². The Kier molecular flexibility index (Phi) is 7.45. The number of ether oxygens (including phenoxy) is 2. The third-order valence-corrected chi connectivity index (χ3v) is 9.85. The summed E-state index contributed by atoms with van der Waals surface area (Å²) in [4.78, 5) is 13.6. The Hall–Kier alpha value is -1.07. The number of esters is 1.